The van der Waals surface area contributed by atoms with Gasteiger partial charge in [-0.3, -0.25) is 9.69 Å². The van der Waals surface area contributed by atoms with Crippen molar-refractivity contribution in [3.05, 3.63) is 71.8 Å². The molecule has 3 nitrogen and oxygen atoms in total. The van der Waals surface area contributed by atoms with Crippen molar-refractivity contribution in [1.82, 2.24) is 4.90 Å². The molecule has 3 heteroatoms. The van der Waals surface area contributed by atoms with Crippen LogP contribution in [0.15, 0.2) is 60.7 Å². The van der Waals surface area contributed by atoms with E-state index >= 15 is 0 Å². The number of Topliss-reactive ketones (excluding diaryl/α,β-unsaturated/α-hetero) is 1. The number of piperidine rings is 1. The highest BCUT2D eigenvalue weighted by molar-refractivity contribution is 5.87. The molecule has 4 bridgehead atoms. The molecule has 2 aromatic carbocycles. The van der Waals surface area contributed by atoms with Crippen molar-refractivity contribution in [3.8, 4) is 0 Å². The molecule has 128 valence electrons. The molecule has 0 spiro atoms. The standard InChI is InChI=1S/C22H23NO2/c24-20-12-17-11-18-13-25-14-19(17)23(18)22(20)21(15-7-3-1-4-8-15)16-9-5-2-6-10-16/h1-10,17-19,21-22H,11-14H2. The van der Waals surface area contributed by atoms with Crippen LogP contribution in [-0.2, 0) is 9.53 Å². The van der Waals surface area contributed by atoms with Crippen LogP contribution >= 0.6 is 0 Å². The SMILES string of the molecule is O=C1CC2CC3COCC2N3C1C(c1ccccc1)c1ccccc1. The highest BCUT2D eigenvalue weighted by Gasteiger charge is 2.55. The van der Waals surface area contributed by atoms with E-state index in [4.69, 9.17) is 4.74 Å². The molecule has 3 aliphatic heterocycles. The monoisotopic (exact) mass is 333 g/mol. The number of carbonyl (C=O) groups excluding carboxylic acids is 1. The molecule has 0 aromatic heterocycles. The van der Waals surface area contributed by atoms with Gasteiger partial charge in [-0.2, -0.15) is 0 Å². The molecule has 0 saturated carbocycles. The molecule has 25 heavy (non-hydrogen) atoms. The van der Waals surface area contributed by atoms with Gasteiger partial charge in [0.1, 0.15) is 0 Å². The van der Waals surface area contributed by atoms with E-state index in [-0.39, 0.29) is 12.0 Å². The Labute approximate surface area is 148 Å². The molecule has 5 rings (SSSR count). The van der Waals surface area contributed by atoms with Crippen molar-refractivity contribution in [2.24, 2.45) is 5.92 Å². The number of ketones is 1. The third-order valence-corrected chi connectivity index (χ3v) is 6.27. The molecule has 5 atom stereocenters. The van der Waals surface area contributed by atoms with Crippen LogP contribution < -0.4 is 0 Å². The molecule has 0 radical (unpaired) electrons. The molecule has 0 amide bonds. The second-order valence-corrected chi connectivity index (χ2v) is 7.62. The first-order chi connectivity index (χ1) is 12.3. The third-order valence-electron chi connectivity index (χ3n) is 6.27. The zero-order chi connectivity index (χ0) is 16.8. The smallest absolute Gasteiger partial charge is 0.151 e. The van der Waals surface area contributed by atoms with Crippen LogP contribution in [-0.4, -0.2) is 42.0 Å². The Morgan fingerprint density at radius 3 is 2.20 bits per heavy atom. The number of ether oxygens (including phenoxy) is 1. The van der Waals surface area contributed by atoms with Gasteiger partial charge in [0.15, 0.2) is 5.78 Å². The first kappa shape index (κ1) is 15.3. The molecule has 0 N–H and O–H groups in total. The average Bonchev–Trinajstić information content (AvgIpc) is 2.79. The minimum atomic E-state index is -0.0672. The number of benzene rings is 2. The maximum absolute atomic E-state index is 13.2. The first-order valence-electron chi connectivity index (χ1n) is 9.30. The topological polar surface area (TPSA) is 29.5 Å². The van der Waals surface area contributed by atoms with E-state index in [1.165, 1.54) is 11.1 Å². The van der Waals surface area contributed by atoms with Gasteiger partial charge < -0.3 is 4.74 Å². The Hall–Kier alpha value is -1.97. The van der Waals surface area contributed by atoms with Crippen molar-refractivity contribution in [1.29, 1.82) is 0 Å². The maximum atomic E-state index is 13.2. The average molecular weight is 333 g/mol. The summed E-state index contributed by atoms with van der Waals surface area (Å²) in [5.74, 6) is 0.990. The number of carbonyl (C=O) groups is 1. The van der Waals surface area contributed by atoms with E-state index in [0.29, 0.717) is 30.2 Å². The quantitative estimate of drug-likeness (QED) is 0.863. The molecule has 3 saturated heterocycles. The van der Waals surface area contributed by atoms with Gasteiger partial charge in [-0.25, -0.2) is 0 Å². The van der Waals surface area contributed by atoms with Gasteiger partial charge in [0.25, 0.3) is 0 Å². The van der Waals surface area contributed by atoms with Gasteiger partial charge in [-0.05, 0) is 23.5 Å². The van der Waals surface area contributed by atoms with Crippen LogP contribution in [0, 0.1) is 5.92 Å². The van der Waals surface area contributed by atoms with E-state index in [0.717, 1.165) is 19.6 Å². The number of morpholine rings is 1. The molecule has 3 heterocycles. The highest BCUT2D eigenvalue weighted by atomic mass is 16.5. The summed E-state index contributed by atoms with van der Waals surface area (Å²) in [7, 11) is 0. The second kappa shape index (κ2) is 6.08. The number of nitrogens with zero attached hydrogens (tertiary/aromatic N) is 1. The molecule has 0 aliphatic carbocycles. The maximum Gasteiger partial charge on any atom is 0.151 e. The Morgan fingerprint density at radius 1 is 0.920 bits per heavy atom. The Balaban J connectivity index is 1.62. The Morgan fingerprint density at radius 2 is 1.56 bits per heavy atom. The van der Waals surface area contributed by atoms with Crippen LogP contribution in [0.1, 0.15) is 29.9 Å². The van der Waals surface area contributed by atoms with Crippen LogP contribution in [0.25, 0.3) is 0 Å². The fraction of sp³-hybridized carbons (Fsp3) is 0.409. The lowest BCUT2D eigenvalue weighted by Gasteiger charge is -2.46. The fourth-order valence-corrected chi connectivity index (χ4v) is 5.28. The summed E-state index contributed by atoms with van der Waals surface area (Å²) >= 11 is 0. The number of hydrogen-bond acceptors (Lipinski definition) is 3. The summed E-state index contributed by atoms with van der Waals surface area (Å²) in [6.07, 6.45) is 1.82. The van der Waals surface area contributed by atoms with Crippen molar-refractivity contribution >= 4 is 5.78 Å². The minimum absolute atomic E-state index is 0.0672. The molecular formula is C22H23NO2. The zero-order valence-electron chi connectivity index (χ0n) is 14.3. The van der Waals surface area contributed by atoms with Crippen LogP contribution in [0.3, 0.4) is 0 Å². The predicted octanol–water partition coefficient (Wildman–Crippen LogP) is 3.25. The summed E-state index contributed by atoms with van der Waals surface area (Å²) in [4.78, 5) is 15.7. The summed E-state index contributed by atoms with van der Waals surface area (Å²) in [5, 5.41) is 0. The van der Waals surface area contributed by atoms with E-state index < -0.39 is 0 Å². The Bertz CT molecular complexity index is 721. The van der Waals surface area contributed by atoms with Gasteiger partial charge in [0.05, 0.1) is 19.3 Å². The van der Waals surface area contributed by atoms with Gasteiger partial charge in [0.2, 0.25) is 0 Å². The summed E-state index contributed by atoms with van der Waals surface area (Å²) in [5.41, 5.74) is 2.47. The highest BCUT2D eigenvalue weighted by Crippen LogP contribution is 2.46. The second-order valence-electron chi connectivity index (χ2n) is 7.62. The van der Waals surface area contributed by atoms with Crippen LogP contribution in [0.4, 0.5) is 0 Å². The molecular weight excluding hydrogens is 310 g/mol. The summed E-state index contributed by atoms with van der Waals surface area (Å²) < 4.78 is 5.81. The molecule has 3 aliphatic rings. The van der Waals surface area contributed by atoms with Gasteiger partial charge in [-0.15, -0.1) is 0 Å². The lowest BCUT2D eigenvalue weighted by Crippen LogP contribution is -2.59. The number of rotatable bonds is 3. The lowest BCUT2D eigenvalue weighted by atomic mass is 9.77. The summed E-state index contributed by atoms with van der Waals surface area (Å²) in [6, 6.07) is 21.8. The van der Waals surface area contributed by atoms with Crippen molar-refractivity contribution in [2.75, 3.05) is 13.2 Å². The molecule has 2 aromatic rings. The molecule has 5 unspecified atom stereocenters. The zero-order valence-corrected chi connectivity index (χ0v) is 14.3. The largest absolute Gasteiger partial charge is 0.378 e. The van der Waals surface area contributed by atoms with Crippen LogP contribution in [0.5, 0.6) is 0 Å². The third kappa shape index (κ3) is 2.45. The van der Waals surface area contributed by atoms with Crippen molar-refractivity contribution in [3.63, 3.8) is 0 Å². The van der Waals surface area contributed by atoms with E-state index in [1.807, 2.05) is 12.1 Å². The number of hydrogen-bond donors (Lipinski definition) is 0. The van der Waals surface area contributed by atoms with E-state index in [2.05, 4.69) is 53.4 Å². The Kier molecular flexibility index (Phi) is 3.72. The lowest BCUT2D eigenvalue weighted by molar-refractivity contribution is -0.136. The van der Waals surface area contributed by atoms with E-state index in [1.54, 1.807) is 0 Å². The van der Waals surface area contributed by atoms with Gasteiger partial charge >= 0.3 is 0 Å². The van der Waals surface area contributed by atoms with Crippen molar-refractivity contribution in [2.45, 2.75) is 36.9 Å². The van der Waals surface area contributed by atoms with E-state index in [9.17, 15) is 4.79 Å². The van der Waals surface area contributed by atoms with Gasteiger partial charge in [-0.1, -0.05) is 60.7 Å². The van der Waals surface area contributed by atoms with Crippen LogP contribution in [0.2, 0.25) is 0 Å². The minimum Gasteiger partial charge on any atom is -0.378 e. The van der Waals surface area contributed by atoms with Crippen molar-refractivity contribution < 1.29 is 9.53 Å². The first-order valence-corrected chi connectivity index (χ1v) is 9.30. The van der Waals surface area contributed by atoms with Gasteiger partial charge in [0, 0.05) is 24.4 Å². The molecule has 3 fully saturated rings. The summed E-state index contributed by atoms with van der Waals surface area (Å²) in [6.45, 7) is 1.55. The normalized spacial score (nSPS) is 33.6. The fourth-order valence-electron chi connectivity index (χ4n) is 5.28. The predicted molar refractivity (Wildman–Crippen MR) is 96.5 cm³/mol.